The summed E-state index contributed by atoms with van der Waals surface area (Å²) in [7, 11) is -2.82. The van der Waals surface area contributed by atoms with Gasteiger partial charge in [0.05, 0.1) is 25.4 Å². The van der Waals surface area contributed by atoms with E-state index in [1.165, 1.54) is 10.4 Å². The third-order valence-electron chi connectivity index (χ3n) is 7.29. The Morgan fingerprint density at radius 2 is 1.24 bits per heavy atom. The number of aliphatic hydroxyl groups is 2. The lowest BCUT2D eigenvalue weighted by Gasteiger charge is -2.46. The largest absolute Gasteiger partial charge is 0.404 e. The molecule has 0 aliphatic rings. The number of hydrogen-bond acceptors (Lipinski definition) is 4. The number of rotatable bonds is 13. The maximum Gasteiger partial charge on any atom is 0.261 e. The summed E-state index contributed by atoms with van der Waals surface area (Å²) in [5.74, 6) is -0.200. The van der Waals surface area contributed by atoms with Crippen LogP contribution in [-0.4, -0.2) is 44.0 Å². The van der Waals surface area contributed by atoms with E-state index in [1.54, 1.807) is 0 Å². The van der Waals surface area contributed by atoms with Crippen molar-refractivity contribution in [2.45, 2.75) is 64.9 Å². The topological polar surface area (TPSA) is 58.9 Å². The minimum absolute atomic E-state index is 0.0332. The zero-order valence-electron chi connectivity index (χ0n) is 23.0. The van der Waals surface area contributed by atoms with Crippen molar-refractivity contribution in [3.8, 4) is 0 Å². The number of ether oxygens (including phenoxy) is 1. The SMILES string of the molecule is C[C@H](COCc1ccccc1)[C@H](C[C@H](O)[C@@H](C)CO)O[Si](c1ccccc1)(c1ccccc1)C(C)(C)C. The van der Waals surface area contributed by atoms with Crippen molar-refractivity contribution in [3.63, 3.8) is 0 Å². The van der Waals surface area contributed by atoms with Crippen LogP contribution >= 0.6 is 0 Å². The van der Waals surface area contributed by atoms with Crippen LogP contribution in [0.15, 0.2) is 91.0 Å². The summed E-state index contributed by atoms with van der Waals surface area (Å²) in [4.78, 5) is 0. The van der Waals surface area contributed by atoms with Crippen molar-refractivity contribution >= 4 is 18.7 Å². The van der Waals surface area contributed by atoms with Gasteiger partial charge in [0.2, 0.25) is 0 Å². The first-order valence-corrected chi connectivity index (χ1v) is 15.3. The molecule has 0 aliphatic heterocycles. The predicted molar refractivity (Wildman–Crippen MR) is 155 cm³/mol. The minimum atomic E-state index is -2.82. The standard InChI is InChI=1S/C32H44O4Si/c1-25(22-33)30(34)21-31(26(2)23-35-24-27-15-9-6-10-16-27)36-37(32(3,4)5,28-17-11-7-12-18-28)29-19-13-8-14-20-29/h6-20,25-26,30-31,33-34H,21-24H2,1-5H3/t25-,26+,30-,31-/m0/s1. The first-order chi connectivity index (χ1) is 17.7. The van der Waals surface area contributed by atoms with Gasteiger partial charge in [0.25, 0.3) is 8.32 Å². The van der Waals surface area contributed by atoms with Crippen molar-refractivity contribution in [1.82, 2.24) is 0 Å². The van der Waals surface area contributed by atoms with Crippen LogP contribution in [0.4, 0.5) is 0 Å². The van der Waals surface area contributed by atoms with E-state index in [4.69, 9.17) is 9.16 Å². The summed E-state index contributed by atoms with van der Waals surface area (Å²) in [5, 5.41) is 23.0. The molecule has 3 rings (SSSR count). The van der Waals surface area contributed by atoms with Crippen molar-refractivity contribution in [1.29, 1.82) is 0 Å². The molecule has 37 heavy (non-hydrogen) atoms. The molecule has 3 aromatic carbocycles. The van der Waals surface area contributed by atoms with Crippen molar-refractivity contribution in [3.05, 3.63) is 96.6 Å². The highest BCUT2D eigenvalue weighted by Gasteiger charge is 2.52. The van der Waals surface area contributed by atoms with Gasteiger partial charge < -0.3 is 19.4 Å². The smallest absolute Gasteiger partial charge is 0.261 e. The van der Waals surface area contributed by atoms with Gasteiger partial charge >= 0.3 is 0 Å². The molecule has 0 spiro atoms. The predicted octanol–water partition coefficient (Wildman–Crippen LogP) is 5.16. The van der Waals surface area contributed by atoms with Gasteiger partial charge in [-0.15, -0.1) is 0 Å². The fourth-order valence-electron chi connectivity index (χ4n) is 4.95. The Kier molecular flexibility index (Phi) is 10.7. The molecule has 0 fully saturated rings. The molecule has 0 unspecified atom stereocenters. The Morgan fingerprint density at radius 3 is 1.70 bits per heavy atom. The quantitative estimate of drug-likeness (QED) is 0.306. The second-order valence-electron chi connectivity index (χ2n) is 11.3. The molecule has 0 bridgehead atoms. The van der Waals surface area contributed by atoms with Gasteiger partial charge in [-0.3, -0.25) is 0 Å². The van der Waals surface area contributed by atoms with Crippen LogP contribution in [0.3, 0.4) is 0 Å². The number of benzene rings is 3. The molecular formula is C32H44O4Si. The van der Waals surface area contributed by atoms with E-state index in [1.807, 2.05) is 37.3 Å². The van der Waals surface area contributed by atoms with E-state index in [0.717, 1.165) is 5.56 Å². The first-order valence-electron chi connectivity index (χ1n) is 13.4. The second-order valence-corrected chi connectivity index (χ2v) is 15.5. The van der Waals surface area contributed by atoms with Crippen LogP contribution in [0.25, 0.3) is 0 Å². The van der Waals surface area contributed by atoms with Gasteiger partial charge in [0, 0.05) is 18.4 Å². The third kappa shape index (κ3) is 7.40. The van der Waals surface area contributed by atoms with Crippen LogP contribution in [0.1, 0.15) is 46.6 Å². The Hall–Kier alpha value is -2.28. The first kappa shape index (κ1) is 29.3. The van der Waals surface area contributed by atoms with E-state index in [-0.39, 0.29) is 29.6 Å². The molecule has 0 saturated heterocycles. The minimum Gasteiger partial charge on any atom is -0.404 e. The molecule has 200 valence electrons. The molecule has 5 heteroatoms. The molecule has 2 N–H and O–H groups in total. The molecule has 0 radical (unpaired) electrons. The Morgan fingerprint density at radius 1 is 0.757 bits per heavy atom. The van der Waals surface area contributed by atoms with Crippen LogP contribution < -0.4 is 10.4 Å². The van der Waals surface area contributed by atoms with Crippen LogP contribution in [0, 0.1) is 11.8 Å². The molecule has 4 nitrogen and oxygen atoms in total. The van der Waals surface area contributed by atoms with Crippen LogP contribution in [0.5, 0.6) is 0 Å². The summed E-state index contributed by atoms with van der Waals surface area (Å²) >= 11 is 0. The normalized spacial score (nSPS) is 15.6. The molecule has 0 amide bonds. The maximum absolute atomic E-state index is 11.0. The molecule has 0 heterocycles. The Balaban J connectivity index is 1.99. The third-order valence-corrected chi connectivity index (χ3v) is 12.4. The molecule has 3 aromatic rings. The lowest BCUT2D eigenvalue weighted by atomic mass is 9.94. The Bertz CT molecular complexity index is 997. The van der Waals surface area contributed by atoms with Gasteiger partial charge in [-0.1, -0.05) is 126 Å². The van der Waals surface area contributed by atoms with Gasteiger partial charge in [-0.2, -0.15) is 0 Å². The average molecular weight is 521 g/mol. The zero-order chi connectivity index (χ0) is 26.9. The van der Waals surface area contributed by atoms with E-state index in [0.29, 0.717) is 19.6 Å². The lowest BCUT2D eigenvalue weighted by Crippen LogP contribution is -2.68. The number of aliphatic hydroxyl groups excluding tert-OH is 2. The van der Waals surface area contributed by atoms with E-state index < -0.39 is 14.4 Å². The van der Waals surface area contributed by atoms with Crippen molar-refractivity contribution < 1.29 is 19.4 Å². The van der Waals surface area contributed by atoms with Crippen molar-refractivity contribution in [2.24, 2.45) is 11.8 Å². The summed E-state index contributed by atoms with van der Waals surface area (Å²) in [6.45, 7) is 11.8. The highest BCUT2D eigenvalue weighted by Crippen LogP contribution is 2.39. The monoisotopic (exact) mass is 520 g/mol. The zero-order valence-corrected chi connectivity index (χ0v) is 24.0. The van der Waals surface area contributed by atoms with Gasteiger partial charge in [-0.25, -0.2) is 0 Å². The van der Waals surface area contributed by atoms with Gasteiger partial charge in [0.15, 0.2) is 0 Å². The highest BCUT2D eigenvalue weighted by atomic mass is 28.4. The summed E-state index contributed by atoms with van der Waals surface area (Å²) < 4.78 is 13.6. The van der Waals surface area contributed by atoms with Crippen LogP contribution in [0.2, 0.25) is 5.04 Å². The highest BCUT2D eigenvalue weighted by molar-refractivity contribution is 6.99. The Labute approximate surface area is 224 Å². The lowest BCUT2D eigenvalue weighted by molar-refractivity contribution is -0.00831. The molecule has 0 aromatic heterocycles. The molecule has 0 saturated carbocycles. The number of hydrogen-bond donors (Lipinski definition) is 2. The van der Waals surface area contributed by atoms with E-state index >= 15 is 0 Å². The maximum atomic E-state index is 11.0. The van der Waals surface area contributed by atoms with Gasteiger partial charge in [-0.05, 0) is 27.4 Å². The van der Waals surface area contributed by atoms with Crippen LogP contribution in [-0.2, 0) is 15.8 Å². The fraction of sp³-hybridized carbons (Fsp3) is 0.438. The average Bonchev–Trinajstić information content (AvgIpc) is 2.91. The fourth-order valence-corrected chi connectivity index (χ4v) is 9.75. The van der Waals surface area contributed by atoms with E-state index in [9.17, 15) is 10.2 Å². The molecular weight excluding hydrogens is 476 g/mol. The van der Waals surface area contributed by atoms with E-state index in [2.05, 4.69) is 88.4 Å². The second kappa shape index (κ2) is 13.5. The molecule has 4 atom stereocenters. The molecule has 0 aliphatic carbocycles. The van der Waals surface area contributed by atoms with Crippen molar-refractivity contribution in [2.75, 3.05) is 13.2 Å². The summed E-state index contributed by atoms with van der Waals surface area (Å²) in [5.41, 5.74) is 1.13. The summed E-state index contributed by atoms with van der Waals surface area (Å²) in [6.07, 6.45) is -0.502. The van der Waals surface area contributed by atoms with Gasteiger partial charge in [0.1, 0.15) is 0 Å². The summed E-state index contributed by atoms with van der Waals surface area (Å²) in [6, 6.07) is 31.3.